The van der Waals surface area contributed by atoms with Gasteiger partial charge in [-0.15, -0.1) is 10.2 Å². The SMILES string of the molecule is Cc1cc(-c2nn3c(-c4cnccn4)nnc3s2)c2ccccc2n1. The molecule has 0 bridgehead atoms. The number of rotatable bonds is 2. The third-order valence-electron chi connectivity index (χ3n) is 3.86. The zero-order valence-electron chi connectivity index (χ0n) is 13.2. The minimum absolute atomic E-state index is 0.584. The van der Waals surface area contributed by atoms with Crippen molar-refractivity contribution in [3.63, 3.8) is 0 Å². The quantitative estimate of drug-likeness (QED) is 0.489. The summed E-state index contributed by atoms with van der Waals surface area (Å²) in [5.41, 5.74) is 3.60. The van der Waals surface area contributed by atoms with E-state index in [0.717, 1.165) is 27.2 Å². The summed E-state index contributed by atoms with van der Waals surface area (Å²) in [6.45, 7) is 1.99. The Bertz CT molecular complexity index is 1210. The summed E-state index contributed by atoms with van der Waals surface area (Å²) in [5.74, 6) is 0.584. The van der Waals surface area contributed by atoms with E-state index in [1.165, 1.54) is 11.3 Å². The summed E-state index contributed by atoms with van der Waals surface area (Å²) in [4.78, 5) is 13.7. The molecule has 0 saturated heterocycles. The second-order valence-electron chi connectivity index (χ2n) is 5.54. The molecule has 5 aromatic rings. The molecule has 0 spiro atoms. The zero-order valence-corrected chi connectivity index (χ0v) is 14.0. The van der Waals surface area contributed by atoms with Gasteiger partial charge < -0.3 is 0 Å². The van der Waals surface area contributed by atoms with Gasteiger partial charge in [0.1, 0.15) is 10.7 Å². The maximum atomic E-state index is 4.73. The largest absolute Gasteiger partial charge is 0.261 e. The van der Waals surface area contributed by atoms with Crippen LogP contribution >= 0.6 is 11.3 Å². The van der Waals surface area contributed by atoms with Gasteiger partial charge in [0.25, 0.3) is 0 Å². The van der Waals surface area contributed by atoms with Crippen molar-refractivity contribution in [3.8, 4) is 22.1 Å². The Hall–Kier alpha value is -3.26. The van der Waals surface area contributed by atoms with Crippen LogP contribution in [0.5, 0.6) is 0 Å². The second-order valence-corrected chi connectivity index (χ2v) is 6.50. The topological polar surface area (TPSA) is 81.8 Å². The summed E-state index contributed by atoms with van der Waals surface area (Å²) in [7, 11) is 0. The monoisotopic (exact) mass is 345 g/mol. The summed E-state index contributed by atoms with van der Waals surface area (Å²) in [6.07, 6.45) is 4.91. The van der Waals surface area contributed by atoms with Crippen molar-refractivity contribution in [2.45, 2.75) is 6.92 Å². The minimum Gasteiger partial charge on any atom is -0.261 e. The van der Waals surface area contributed by atoms with Crippen LogP contribution in [-0.4, -0.2) is 34.8 Å². The minimum atomic E-state index is 0.584. The molecule has 0 N–H and O–H groups in total. The van der Waals surface area contributed by atoms with Gasteiger partial charge in [-0.2, -0.15) is 9.61 Å². The number of hydrogen-bond donors (Lipinski definition) is 0. The molecule has 4 heterocycles. The van der Waals surface area contributed by atoms with Crippen LogP contribution in [-0.2, 0) is 0 Å². The van der Waals surface area contributed by atoms with Gasteiger partial charge in [-0.25, -0.2) is 4.98 Å². The molecule has 120 valence electrons. The Labute approximate surface area is 146 Å². The molecule has 0 fully saturated rings. The van der Waals surface area contributed by atoms with E-state index in [1.807, 2.05) is 25.1 Å². The third kappa shape index (κ3) is 2.26. The molecule has 0 saturated carbocycles. The molecule has 0 amide bonds. The molecule has 8 heteroatoms. The lowest BCUT2D eigenvalue weighted by molar-refractivity contribution is 0.958. The van der Waals surface area contributed by atoms with Crippen molar-refractivity contribution >= 4 is 27.2 Å². The number of fused-ring (bicyclic) bond motifs is 2. The highest BCUT2D eigenvalue weighted by Crippen LogP contribution is 2.32. The molecule has 0 aliphatic rings. The van der Waals surface area contributed by atoms with Crippen molar-refractivity contribution in [1.29, 1.82) is 0 Å². The van der Waals surface area contributed by atoms with E-state index in [2.05, 4.69) is 37.3 Å². The maximum Gasteiger partial charge on any atom is 0.235 e. The number of benzene rings is 1. The Morgan fingerprint density at radius 3 is 2.88 bits per heavy atom. The van der Waals surface area contributed by atoms with Crippen molar-refractivity contribution in [3.05, 3.63) is 54.6 Å². The van der Waals surface area contributed by atoms with E-state index < -0.39 is 0 Å². The van der Waals surface area contributed by atoms with Gasteiger partial charge in [-0.3, -0.25) is 9.97 Å². The average molecular weight is 345 g/mol. The lowest BCUT2D eigenvalue weighted by atomic mass is 10.1. The van der Waals surface area contributed by atoms with Gasteiger partial charge in [0.2, 0.25) is 10.8 Å². The predicted molar refractivity (Wildman–Crippen MR) is 95.2 cm³/mol. The van der Waals surface area contributed by atoms with E-state index in [9.17, 15) is 0 Å². The molecule has 1 aromatic carbocycles. The summed E-state index contributed by atoms with van der Waals surface area (Å²) in [5, 5.41) is 15.1. The number of aromatic nitrogens is 7. The van der Waals surface area contributed by atoms with Crippen LogP contribution in [0.1, 0.15) is 5.69 Å². The van der Waals surface area contributed by atoms with Crippen molar-refractivity contribution in [2.75, 3.05) is 0 Å². The normalized spacial score (nSPS) is 11.4. The molecule has 0 aliphatic heterocycles. The average Bonchev–Trinajstić information content (AvgIpc) is 3.22. The van der Waals surface area contributed by atoms with E-state index in [-0.39, 0.29) is 0 Å². The number of nitrogens with zero attached hydrogens (tertiary/aromatic N) is 7. The first-order valence-electron chi connectivity index (χ1n) is 7.65. The molecule has 25 heavy (non-hydrogen) atoms. The fourth-order valence-electron chi connectivity index (χ4n) is 2.78. The van der Waals surface area contributed by atoms with E-state index in [0.29, 0.717) is 16.5 Å². The van der Waals surface area contributed by atoms with Crippen molar-refractivity contribution in [1.82, 2.24) is 34.8 Å². The van der Waals surface area contributed by atoms with Crippen LogP contribution in [0.15, 0.2) is 48.9 Å². The maximum absolute atomic E-state index is 4.73. The van der Waals surface area contributed by atoms with E-state index in [4.69, 9.17) is 5.10 Å². The number of para-hydroxylation sites is 1. The van der Waals surface area contributed by atoms with Gasteiger partial charge in [-0.05, 0) is 19.1 Å². The molecule has 4 aromatic heterocycles. The molecular formula is C17H11N7S. The molecule has 0 aliphatic carbocycles. The van der Waals surface area contributed by atoms with Gasteiger partial charge in [0.05, 0.1) is 11.7 Å². The highest BCUT2D eigenvalue weighted by Gasteiger charge is 2.17. The standard InChI is InChI=1S/C17H11N7S/c1-10-8-12(11-4-2-3-5-13(11)20-10)16-23-24-15(21-22-17(24)25-16)14-9-18-6-7-19-14/h2-9H,1H3. The number of hydrogen-bond acceptors (Lipinski definition) is 7. The smallest absolute Gasteiger partial charge is 0.235 e. The highest BCUT2D eigenvalue weighted by atomic mass is 32.1. The summed E-state index contributed by atoms with van der Waals surface area (Å²) in [6, 6.07) is 10.1. The fraction of sp³-hybridized carbons (Fsp3) is 0.0588. The summed E-state index contributed by atoms with van der Waals surface area (Å²) >= 11 is 1.49. The van der Waals surface area contributed by atoms with Crippen molar-refractivity contribution in [2.24, 2.45) is 0 Å². The van der Waals surface area contributed by atoms with Gasteiger partial charge in [0, 0.05) is 29.0 Å². The van der Waals surface area contributed by atoms with Gasteiger partial charge in [0.15, 0.2) is 0 Å². The van der Waals surface area contributed by atoms with Crippen molar-refractivity contribution < 1.29 is 0 Å². The lowest BCUT2D eigenvalue weighted by Crippen LogP contribution is -1.94. The molecule has 0 radical (unpaired) electrons. The molecule has 0 atom stereocenters. The Balaban J connectivity index is 1.74. The highest BCUT2D eigenvalue weighted by molar-refractivity contribution is 7.19. The molecular weight excluding hydrogens is 334 g/mol. The van der Waals surface area contributed by atoms with Crippen LogP contribution in [0.2, 0.25) is 0 Å². The summed E-state index contributed by atoms with van der Waals surface area (Å²) < 4.78 is 1.72. The van der Waals surface area contributed by atoms with Gasteiger partial charge in [-0.1, -0.05) is 29.5 Å². The van der Waals surface area contributed by atoms with Crippen LogP contribution in [0.25, 0.3) is 38.0 Å². The molecule has 5 rings (SSSR count). The fourth-order valence-corrected chi connectivity index (χ4v) is 3.65. The first-order valence-corrected chi connectivity index (χ1v) is 8.46. The van der Waals surface area contributed by atoms with E-state index >= 15 is 0 Å². The predicted octanol–water partition coefficient (Wildman–Crippen LogP) is 3.17. The Morgan fingerprint density at radius 2 is 2.00 bits per heavy atom. The van der Waals surface area contributed by atoms with E-state index in [1.54, 1.807) is 23.1 Å². The Kier molecular flexibility index (Phi) is 3.04. The number of aryl methyl sites for hydroxylation is 1. The first kappa shape index (κ1) is 14.1. The third-order valence-corrected chi connectivity index (χ3v) is 4.79. The molecule has 0 unspecified atom stereocenters. The lowest BCUT2D eigenvalue weighted by Gasteiger charge is -2.04. The van der Waals surface area contributed by atoms with Crippen LogP contribution < -0.4 is 0 Å². The molecule has 7 nitrogen and oxygen atoms in total. The van der Waals surface area contributed by atoms with Crippen LogP contribution in [0, 0.1) is 6.92 Å². The van der Waals surface area contributed by atoms with Gasteiger partial charge >= 0.3 is 0 Å². The van der Waals surface area contributed by atoms with Crippen LogP contribution in [0.4, 0.5) is 0 Å². The second kappa shape index (κ2) is 5.38. The first-order chi connectivity index (χ1) is 12.3. The zero-order chi connectivity index (χ0) is 16.8. The van der Waals surface area contributed by atoms with Crippen LogP contribution in [0.3, 0.4) is 0 Å². The Morgan fingerprint density at radius 1 is 1.08 bits per heavy atom. The number of pyridine rings is 1.